The van der Waals surface area contributed by atoms with Gasteiger partial charge in [0.05, 0.1) is 17.8 Å². The van der Waals surface area contributed by atoms with E-state index in [9.17, 15) is 4.79 Å². The third-order valence-electron chi connectivity index (χ3n) is 2.27. The molecule has 1 N–H and O–H groups in total. The second-order valence-electron chi connectivity index (χ2n) is 3.23. The summed E-state index contributed by atoms with van der Waals surface area (Å²) in [6.07, 6.45) is 2.40. The number of aryl methyl sites for hydroxylation is 1. The van der Waals surface area contributed by atoms with E-state index in [0.29, 0.717) is 18.7 Å². The normalized spacial score (nSPS) is 15.9. The molecule has 1 heterocycles. The van der Waals surface area contributed by atoms with Crippen LogP contribution in [0.5, 0.6) is 0 Å². The quantitative estimate of drug-likeness (QED) is 0.735. The molecule has 0 radical (unpaired) electrons. The SMILES string of the molecule is CNCc1onc2c1C(=O)CCC2. The molecular weight excluding hydrogens is 168 g/mol. The summed E-state index contributed by atoms with van der Waals surface area (Å²) in [5.41, 5.74) is 1.56. The van der Waals surface area contributed by atoms with Gasteiger partial charge >= 0.3 is 0 Å². The second kappa shape index (κ2) is 3.30. The lowest BCUT2D eigenvalue weighted by atomic mass is 9.95. The summed E-state index contributed by atoms with van der Waals surface area (Å²) >= 11 is 0. The van der Waals surface area contributed by atoms with E-state index in [0.717, 1.165) is 24.1 Å². The van der Waals surface area contributed by atoms with Gasteiger partial charge < -0.3 is 9.84 Å². The molecule has 0 aromatic carbocycles. The van der Waals surface area contributed by atoms with Gasteiger partial charge in [0, 0.05) is 6.42 Å². The van der Waals surface area contributed by atoms with Crippen LogP contribution in [-0.4, -0.2) is 18.0 Å². The standard InChI is InChI=1S/C9H12N2O2/c1-10-5-8-9-6(11-13-8)3-2-4-7(9)12/h10H,2-5H2,1H3. The van der Waals surface area contributed by atoms with Crippen LogP contribution in [0.2, 0.25) is 0 Å². The molecule has 0 saturated heterocycles. The molecule has 0 bridgehead atoms. The number of nitrogens with one attached hydrogen (secondary N) is 1. The molecule has 4 nitrogen and oxygen atoms in total. The molecule has 0 atom stereocenters. The Morgan fingerprint density at radius 3 is 3.15 bits per heavy atom. The minimum absolute atomic E-state index is 0.174. The molecule has 1 aliphatic rings. The van der Waals surface area contributed by atoms with E-state index in [-0.39, 0.29) is 5.78 Å². The first-order valence-electron chi connectivity index (χ1n) is 4.48. The smallest absolute Gasteiger partial charge is 0.168 e. The lowest BCUT2D eigenvalue weighted by Crippen LogP contribution is -2.14. The van der Waals surface area contributed by atoms with E-state index in [1.165, 1.54) is 0 Å². The highest BCUT2D eigenvalue weighted by Gasteiger charge is 2.25. The van der Waals surface area contributed by atoms with Crippen LogP contribution in [0.1, 0.15) is 34.7 Å². The van der Waals surface area contributed by atoms with Gasteiger partial charge in [-0.15, -0.1) is 0 Å². The molecule has 1 aromatic rings. The van der Waals surface area contributed by atoms with Crippen LogP contribution in [0, 0.1) is 0 Å². The fourth-order valence-corrected chi connectivity index (χ4v) is 1.67. The Labute approximate surface area is 76.3 Å². The van der Waals surface area contributed by atoms with Crippen molar-refractivity contribution in [1.29, 1.82) is 0 Å². The molecule has 70 valence electrons. The van der Waals surface area contributed by atoms with Gasteiger partial charge in [0.1, 0.15) is 0 Å². The predicted octanol–water partition coefficient (Wildman–Crippen LogP) is 0.913. The van der Waals surface area contributed by atoms with E-state index in [1.807, 2.05) is 7.05 Å². The summed E-state index contributed by atoms with van der Waals surface area (Å²) in [6.45, 7) is 0.577. The van der Waals surface area contributed by atoms with Crippen molar-refractivity contribution in [3.63, 3.8) is 0 Å². The van der Waals surface area contributed by atoms with Crippen molar-refractivity contribution in [3.8, 4) is 0 Å². The van der Waals surface area contributed by atoms with Gasteiger partial charge in [0.2, 0.25) is 0 Å². The number of ketones is 1. The number of nitrogens with zero attached hydrogens (tertiary/aromatic N) is 1. The highest BCUT2D eigenvalue weighted by atomic mass is 16.5. The Morgan fingerprint density at radius 1 is 1.54 bits per heavy atom. The van der Waals surface area contributed by atoms with Crippen molar-refractivity contribution < 1.29 is 9.32 Å². The maximum Gasteiger partial charge on any atom is 0.168 e. The molecule has 2 rings (SSSR count). The van der Waals surface area contributed by atoms with Crippen molar-refractivity contribution in [1.82, 2.24) is 10.5 Å². The topological polar surface area (TPSA) is 55.1 Å². The molecular formula is C9H12N2O2. The van der Waals surface area contributed by atoms with Crippen LogP contribution in [0.4, 0.5) is 0 Å². The lowest BCUT2D eigenvalue weighted by molar-refractivity contribution is 0.0971. The largest absolute Gasteiger partial charge is 0.359 e. The zero-order valence-corrected chi connectivity index (χ0v) is 7.59. The van der Waals surface area contributed by atoms with E-state index < -0.39 is 0 Å². The Morgan fingerprint density at radius 2 is 2.38 bits per heavy atom. The predicted molar refractivity (Wildman–Crippen MR) is 46.5 cm³/mol. The number of aromatic nitrogens is 1. The maximum atomic E-state index is 11.5. The zero-order chi connectivity index (χ0) is 9.26. The number of hydrogen-bond donors (Lipinski definition) is 1. The van der Waals surface area contributed by atoms with Crippen LogP contribution < -0.4 is 5.32 Å². The zero-order valence-electron chi connectivity index (χ0n) is 7.59. The van der Waals surface area contributed by atoms with Crippen LogP contribution in [0.15, 0.2) is 4.52 Å². The van der Waals surface area contributed by atoms with Crippen molar-refractivity contribution in [2.24, 2.45) is 0 Å². The lowest BCUT2D eigenvalue weighted by Gasteiger charge is -2.07. The first-order chi connectivity index (χ1) is 6.33. The molecule has 1 aromatic heterocycles. The molecule has 0 saturated carbocycles. The fourth-order valence-electron chi connectivity index (χ4n) is 1.67. The van der Waals surface area contributed by atoms with Crippen LogP contribution >= 0.6 is 0 Å². The summed E-state index contributed by atoms with van der Waals surface area (Å²) < 4.78 is 5.10. The van der Waals surface area contributed by atoms with Gasteiger partial charge in [-0.25, -0.2) is 0 Å². The summed E-state index contributed by atoms with van der Waals surface area (Å²) in [7, 11) is 1.82. The summed E-state index contributed by atoms with van der Waals surface area (Å²) in [5, 5.41) is 6.84. The average Bonchev–Trinajstić information content (AvgIpc) is 2.51. The molecule has 1 aliphatic carbocycles. The Bertz CT molecular complexity index is 330. The molecule has 0 unspecified atom stereocenters. The van der Waals surface area contributed by atoms with Gasteiger partial charge in [0.25, 0.3) is 0 Å². The second-order valence-corrected chi connectivity index (χ2v) is 3.23. The molecule has 0 fully saturated rings. The monoisotopic (exact) mass is 180 g/mol. The highest BCUT2D eigenvalue weighted by Crippen LogP contribution is 2.23. The molecule has 0 spiro atoms. The van der Waals surface area contributed by atoms with E-state index in [4.69, 9.17) is 4.52 Å². The van der Waals surface area contributed by atoms with Crippen LogP contribution in [-0.2, 0) is 13.0 Å². The van der Waals surface area contributed by atoms with E-state index in [2.05, 4.69) is 10.5 Å². The van der Waals surface area contributed by atoms with Crippen LogP contribution in [0.3, 0.4) is 0 Å². The Balaban J connectivity index is 2.38. The summed E-state index contributed by atoms with van der Waals surface area (Å²) in [4.78, 5) is 11.5. The van der Waals surface area contributed by atoms with Crippen molar-refractivity contribution >= 4 is 5.78 Å². The molecule has 13 heavy (non-hydrogen) atoms. The number of carbonyl (C=O) groups excluding carboxylic acids is 1. The van der Waals surface area contributed by atoms with Gasteiger partial charge in [-0.3, -0.25) is 4.79 Å². The molecule has 0 aliphatic heterocycles. The third-order valence-corrected chi connectivity index (χ3v) is 2.27. The van der Waals surface area contributed by atoms with Gasteiger partial charge in [0.15, 0.2) is 11.5 Å². The minimum atomic E-state index is 0.174. The number of rotatable bonds is 2. The molecule has 0 amide bonds. The number of fused-ring (bicyclic) bond motifs is 1. The third kappa shape index (κ3) is 1.37. The van der Waals surface area contributed by atoms with Crippen molar-refractivity contribution in [2.75, 3.05) is 7.05 Å². The maximum absolute atomic E-state index is 11.5. The van der Waals surface area contributed by atoms with Crippen molar-refractivity contribution in [2.45, 2.75) is 25.8 Å². The summed E-state index contributed by atoms with van der Waals surface area (Å²) in [5.74, 6) is 0.856. The van der Waals surface area contributed by atoms with E-state index in [1.54, 1.807) is 0 Å². The minimum Gasteiger partial charge on any atom is -0.359 e. The van der Waals surface area contributed by atoms with Crippen LogP contribution in [0.25, 0.3) is 0 Å². The first kappa shape index (κ1) is 8.44. The Kier molecular flexibility index (Phi) is 2.14. The van der Waals surface area contributed by atoms with E-state index >= 15 is 0 Å². The van der Waals surface area contributed by atoms with Crippen molar-refractivity contribution in [3.05, 3.63) is 17.0 Å². The number of carbonyl (C=O) groups is 1. The number of Topliss-reactive ketones (excluding diaryl/α,β-unsaturated/α-hetero) is 1. The fraction of sp³-hybridized carbons (Fsp3) is 0.556. The first-order valence-corrected chi connectivity index (χ1v) is 4.48. The Hall–Kier alpha value is -1.16. The molecule has 4 heteroatoms. The van der Waals surface area contributed by atoms with Gasteiger partial charge in [-0.1, -0.05) is 5.16 Å². The van der Waals surface area contributed by atoms with Gasteiger partial charge in [-0.2, -0.15) is 0 Å². The number of hydrogen-bond acceptors (Lipinski definition) is 4. The highest BCUT2D eigenvalue weighted by molar-refractivity contribution is 5.98. The average molecular weight is 180 g/mol. The summed E-state index contributed by atoms with van der Waals surface area (Å²) in [6, 6.07) is 0. The van der Waals surface area contributed by atoms with Gasteiger partial charge in [-0.05, 0) is 19.9 Å².